The lowest BCUT2D eigenvalue weighted by Gasteiger charge is -2.26. The molecule has 0 spiro atoms. The minimum absolute atomic E-state index is 0.0262. The van der Waals surface area contributed by atoms with Gasteiger partial charge in [0.05, 0.1) is 11.5 Å². The molecule has 1 aromatic rings. The van der Waals surface area contributed by atoms with Crippen molar-refractivity contribution in [3.05, 3.63) is 28.8 Å². The third-order valence-corrected chi connectivity index (χ3v) is 6.09. The van der Waals surface area contributed by atoms with Crippen LogP contribution in [-0.4, -0.2) is 49.2 Å². The van der Waals surface area contributed by atoms with Gasteiger partial charge in [0.2, 0.25) is 11.8 Å². The van der Waals surface area contributed by atoms with Gasteiger partial charge in [0.1, 0.15) is 0 Å². The van der Waals surface area contributed by atoms with Crippen LogP contribution in [-0.2, 0) is 19.4 Å². The number of hydrogen-bond donors (Lipinski definition) is 1. The largest absolute Gasteiger partial charge is 0.338 e. The molecule has 1 saturated heterocycles. The van der Waals surface area contributed by atoms with Gasteiger partial charge in [-0.25, -0.2) is 8.42 Å². The van der Waals surface area contributed by atoms with E-state index in [1.54, 1.807) is 12.1 Å². The number of hydrogen-bond acceptors (Lipinski definition) is 4. The minimum atomic E-state index is -3.08. The van der Waals surface area contributed by atoms with E-state index in [0.717, 1.165) is 5.56 Å². The summed E-state index contributed by atoms with van der Waals surface area (Å²) < 4.78 is 23.2. The van der Waals surface area contributed by atoms with E-state index in [4.69, 9.17) is 11.6 Å². The molecular formula is C16H21ClN2O4S. The lowest BCUT2D eigenvalue weighted by atomic mass is 10.2. The highest BCUT2D eigenvalue weighted by Crippen LogP contribution is 2.21. The quantitative estimate of drug-likeness (QED) is 0.856. The summed E-state index contributed by atoms with van der Waals surface area (Å²) in [5.41, 5.74) is 1.52. The van der Waals surface area contributed by atoms with E-state index in [9.17, 15) is 18.0 Å². The molecule has 1 atom stereocenters. The smallest absolute Gasteiger partial charge is 0.226 e. The standard InChI is InChI=1S/C16H21ClN2O4S/c1-11-3-4-13(17)9-15(11)18-16(21)5-7-19(12(2)20)14-6-8-24(22,23)10-14/h3-4,9,14H,5-8,10H2,1-2H3,(H,18,21). The predicted octanol–water partition coefficient (Wildman–Crippen LogP) is 2.01. The molecule has 0 saturated carbocycles. The summed E-state index contributed by atoms with van der Waals surface area (Å²) in [5, 5.41) is 3.30. The Hall–Kier alpha value is -1.60. The number of nitrogens with zero attached hydrogens (tertiary/aromatic N) is 1. The normalized spacial score (nSPS) is 19.0. The van der Waals surface area contributed by atoms with E-state index in [1.807, 2.05) is 13.0 Å². The third-order valence-electron chi connectivity index (χ3n) is 4.11. The zero-order chi connectivity index (χ0) is 17.9. The molecule has 0 aromatic heterocycles. The molecule has 0 radical (unpaired) electrons. The van der Waals surface area contributed by atoms with E-state index in [0.29, 0.717) is 17.1 Å². The second-order valence-electron chi connectivity index (χ2n) is 6.03. The van der Waals surface area contributed by atoms with Crippen molar-refractivity contribution in [2.45, 2.75) is 32.7 Å². The first-order valence-corrected chi connectivity index (χ1v) is 9.91. The second-order valence-corrected chi connectivity index (χ2v) is 8.69. The van der Waals surface area contributed by atoms with Gasteiger partial charge in [-0.2, -0.15) is 0 Å². The number of benzene rings is 1. The zero-order valence-electron chi connectivity index (χ0n) is 13.7. The molecule has 1 N–H and O–H groups in total. The monoisotopic (exact) mass is 372 g/mol. The Morgan fingerprint density at radius 1 is 1.38 bits per heavy atom. The molecule has 0 aliphatic carbocycles. The number of aryl methyl sites for hydroxylation is 1. The Bertz CT molecular complexity index is 748. The van der Waals surface area contributed by atoms with Gasteiger partial charge in [-0.15, -0.1) is 0 Å². The van der Waals surface area contributed by atoms with Gasteiger partial charge in [-0.1, -0.05) is 17.7 Å². The minimum Gasteiger partial charge on any atom is -0.338 e. The molecule has 6 nitrogen and oxygen atoms in total. The Morgan fingerprint density at radius 2 is 2.08 bits per heavy atom. The molecule has 1 unspecified atom stereocenters. The number of anilines is 1. The summed E-state index contributed by atoms with van der Waals surface area (Å²) in [7, 11) is -3.08. The highest BCUT2D eigenvalue weighted by Gasteiger charge is 2.33. The van der Waals surface area contributed by atoms with Crippen LogP contribution in [0.25, 0.3) is 0 Å². The fourth-order valence-electron chi connectivity index (χ4n) is 2.78. The predicted molar refractivity (Wildman–Crippen MR) is 93.9 cm³/mol. The van der Waals surface area contributed by atoms with Gasteiger partial charge in [0.25, 0.3) is 0 Å². The molecule has 1 heterocycles. The molecule has 2 rings (SSSR count). The zero-order valence-corrected chi connectivity index (χ0v) is 15.3. The summed E-state index contributed by atoms with van der Waals surface area (Å²) in [6, 6.07) is 4.88. The van der Waals surface area contributed by atoms with Gasteiger partial charge in [-0.05, 0) is 31.0 Å². The Morgan fingerprint density at radius 3 is 2.67 bits per heavy atom. The van der Waals surface area contributed by atoms with Crippen molar-refractivity contribution in [1.82, 2.24) is 4.90 Å². The summed E-state index contributed by atoms with van der Waals surface area (Å²) in [6.45, 7) is 3.45. The van der Waals surface area contributed by atoms with Crippen molar-refractivity contribution in [1.29, 1.82) is 0 Å². The number of rotatable bonds is 5. The number of sulfone groups is 1. The summed E-state index contributed by atoms with van der Waals surface area (Å²) in [4.78, 5) is 25.4. The van der Waals surface area contributed by atoms with E-state index in [1.165, 1.54) is 11.8 Å². The van der Waals surface area contributed by atoms with E-state index in [2.05, 4.69) is 5.32 Å². The Balaban J connectivity index is 1.95. The Kier molecular flexibility index (Phi) is 5.87. The van der Waals surface area contributed by atoms with Crippen molar-refractivity contribution < 1.29 is 18.0 Å². The van der Waals surface area contributed by atoms with Crippen molar-refractivity contribution >= 4 is 38.9 Å². The van der Waals surface area contributed by atoms with Crippen LogP contribution in [0.4, 0.5) is 5.69 Å². The van der Waals surface area contributed by atoms with Crippen molar-refractivity contribution in [2.75, 3.05) is 23.4 Å². The van der Waals surface area contributed by atoms with Crippen LogP contribution < -0.4 is 5.32 Å². The van der Waals surface area contributed by atoms with Crippen LogP contribution in [0.2, 0.25) is 5.02 Å². The van der Waals surface area contributed by atoms with E-state index in [-0.39, 0.29) is 42.3 Å². The number of carbonyl (C=O) groups excluding carboxylic acids is 2. The molecule has 132 valence electrons. The van der Waals surface area contributed by atoms with Gasteiger partial charge in [0, 0.05) is 36.6 Å². The van der Waals surface area contributed by atoms with Crippen molar-refractivity contribution in [2.24, 2.45) is 0 Å². The molecule has 2 amide bonds. The summed E-state index contributed by atoms with van der Waals surface area (Å²) >= 11 is 5.92. The molecular weight excluding hydrogens is 352 g/mol. The maximum Gasteiger partial charge on any atom is 0.226 e. The summed E-state index contributed by atoms with van der Waals surface area (Å²) in [5.74, 6) is -0.395. The molecule has 1 fully saturated rings. The second kappa shape index (κ2) is 7.53. The van der Waals surface area contributed by atoms with Gasteiger partial charge in [0.15, 0.2) is 9.84 Å². The first-order valence-electron chi connectivity index (χ1n) is 7.71. The number of halogens is 1. The van der Waals surface area contributed by atoms with Crippen LogP contribution in [0.1, 0.15) is 25.3 Å². The maximum atomic E-state index is 12.1. The molecule has 1 aliphatic rings. The van der Waals surface area contributed by atoms with E-state index >= 15 is 0 Å². The highest BCUT2D eigenvalue weighted by molar-refractivity contribution is 7.91. The lowest BCUT2D eigenvalue weighted by Crippen LogP contribution is -2.41. The highest BCUT2D eigenvalue weighted by atomic mass is 35.5. The lowest BCUT2D eigenvalue weighted by molar-refractivity contribution is -0.131. The number of nitrogens with one attached hydrogen (secondary N) is 1. The SMILES string of the molecule is CC(=O)N(CCC(=O)Nc1cc(Cl)ccc1C)C1CCS(=O)(=O)C1. The number of amides is 2. The van der Waals surface area contributed by atoms with Crippen LogP contribution in [0, 0.1) is 6.92 Å². The first-order chi connectivity index (χ1) is 11.2. The van der Waals surface area contributed by atoms with Crippen LogP contribution in [0.5, 0.6) is 0 Å². The van der Waals surface area contributed by atoms with Crippen LogP contribution in [0.3, 0.4) is 0 Å². The summed E-state index contributed by atoms with van der Waals surface area (Å²) in [6.07, 6.45) is 0.527. The van der Waals surface area contributed by atoms with Gasteiger partial charge >= 0.3 is 0 Å². The van der Waals surface area contributed by atoms with Crippen LogP contribution in [0.15, 0.2) is 18.2 Å². The van der Waals surface area contributed by atoms with Gasteiger partial charge < -0.3 is 10.2 Å². The average Bonchev–Trinajstić information content (AvgIpc) is 2.82. The fraction of sp³-hybridized carbons (Fsp3) is 0.500. The van der Waals surface area contributed by atoms with Gasteiger partial charge in [-0.3, -0.25) is 9.59 Å². The Labute approximate surface area is 147 Å². The van der Waals surface area contributed by atoms with Crippen LogP contribution >= 0.6 is 11.6 Å². The molecule has 1 aliphatic heterocycles. The fourth-order valence-corrected chi connectivity index (χ4v) is 4.68. The molecule has 8 heteroatoms. The number of carbonyl (C=O) groups is 2. The first kappa shape index (κ1) is 18.7. The molecule has 0 bridgehead atoms. The topological polar surface area (TPSA) is 83.6 Å². The maximum absolute atomic E-state index is 12.1. The molecule has 1 aromatic carbocycles. The third kappa shape index (κ3) is 4.95. The van der Waals surface area contributed by atoms with E-state index < -0.39 is 9.84 Å². The average molecular weight is 373 g/mol. The van der Waals surface area contributed by atoms with Crippen molar-refractivity contribution in [3.8, 4) is 0 Å². The molecule has 24 heavy (non-hydrogen) atoms. The van der Waals surface area contributed by atoms with Crippen molar-refractivity contribution in [3.63, 3.8) is 0 Å².